The lowest BCUT2D eigenvalue weighted by atomic mass is 9.98. The van der Waals surface area contributed by atoms with E-state index in [9.17, 15) is 10.1 Å². The van der Waals surface area contributed by atoms with Crippen LogP contribution in [0.3, 0.4) is 0 Å². The number of aliphatic hydroxyl groups is 1. The summed E-state index contributed by atoms with van der Waals surface area (Å²) in [4.78, 5) is 16.3. The van der Waals surface area contributed by atoms with Crippen molar-refractivity contribution >= 4 is 6.09 Å². The number of benzene rings is 2. The Kier molecular flexibility index (Phi) is 7.09. The molecule has 1 unspecified atom stereocenters. The fraction of sp³-hybridized carbons (Fsp3) is 0.360. The molecule has 2 N–H and O–H groups in total. The van der Waals surface area contributed by atoms with Gasteiger partial charge in [0.2, 0.25) is 5.82 Å². The second-order valence-electron chi connectivity index (χ2n) is 8.26. The van der Waals surface area contributed by atoms with Crippen molar-refractivity contribution in [3.8, 4) is 34.7 Å². The minimum Gasteiger partial charge on any atom is -0.490 e. The third kappa shape index (κ3) is 5.02. The van der Waals surface area contributed by atoms with Crippen LogP contribution in [-0.4, -0.2) is 47.2 Å². The molecule has 0 fully saturated rings. The Morgan fingerprint density at radius 1 is 1.35 bits per heavy atom. The zero-order valence-corrected chi connectivity index (χ0v) is 19.1. The van der Waals surface area contributed by atoms with Crippen molar-refractivity contribution in [1.82, 2.24) is 15.5 Å². The Bertz CT molecular complexity index is 1210. The maximum absolute atomic E-state index is 11.7. The predicted octanol–water partition coefficient (Wildman–Crippen LogP) is 3.81. The molecule has 9 heteroatoms. The number of carbonyl (C=O) groups excluding carboxylic acids is 1. The van der Waals surface area contributed by atoms with Crippen LogP contribution in [0.5, 0.6) is 5.75 Å². The molecule has 34 heavy (non-hydrogen) atoms. The van der Waals surface area contributed by atoms with E-state index in [2.05, 4.69) is 21.5 Å². The van der Waals surface area contributed by atoms with Crippen molar-refractivity contribution in [3.05, 3.63) is 53.1 Å². The highest BCUT2D eigenvalue weighted by molar-refractivity contribution is 5.69. The lowest BCUT2D eigenvalue weighted by molar-refractivity contribution is 0.119. The van der Waals surface area contributed by atoms with Gasteiger partial charge in [-0.25, -0.2) is 4.79 Å². The summed E-state index contributed by atoms with van der Waals surface area (Å²) in [6.07, 6.45) is 1.12. The van der Waals surface area contributed by atoms with Crippen LogP contribution in [0.2, 0.25) is 0 Å². The van der Waals surface area contributed by atoms with Crippen molar-refractivity contribution in [2.24, 2.45) is 0 Å². The normalized spacial score (nSPS) is 14.5. The van der Waals surface area contributed by atoms with Crippen molar-refractivity contribution in [3.63, 3.8) is 0 Å². The number of ether oxygens (including phenoxy) is 2. The average molecular weight is 463 g/mol. The summed E-state index contributed by atoms with van der Waals surface area (Å²) in [6.45, 7) is 4.02. The van der Waals surface area contributed by atoms with Gasteiger partial charge in [-0.2, -0.15) is 10.2 Å². The Hall–Kier alpha value is -3.90. The number of hydrogen-bond acceptors (Lipinski definition) is 8. The van der Waals surface area contributed by atoms with Gasteiger partial charge in [0.05, 0.1) is 18.3 Å². The van der Waals surface area contributed by atoms with Crippen LogP contribution in [0.15, 0.2) is 40.9 Å². The molecule has 1 aliphatic rings. The number of aromatic nitrogens is 2. The largest absolute Gasteiger partial charge is 0.490 e. The molecule has 3 aromatic rings. The summed E-state index contributed by atoms with van der Waals surface area (Å²) >= 11 is 0. The number of fused-ring (bicyclic) bond motifs is 1. The van der Waals surface area contributed by atoms with E-state index >= 15 is 0 Å². The third-order valence-electron chi connectivity index (χ3n) is 5.59. The summed E-state index contributed by atoms with van der Waals surface area (Å²) in [6, 6.07) is 13.3. The summed E-state index contributed by atoms with van der Waals surface area (Å²) in [5.41, 5.74) is 4.19. The van der Waals surface area contributed by atoms with Gasteiger partial charge in [0.1, 0.15) is 18.4 Å². The molecule has 0 saturated carbocycles. The predicted molar refractivity (Wildman–Crippen MR) is 123 cm³/mol. The Morgan fingerprint density at radius 3 is 2.97 bits per heavy atom. The molecule has 176 valence electrons. The monoisotopic (exact) mass is 462 g/mol. The second kappa shape index (κ2) is 10.4. The van der Waals surface area contributed by atoms with Gasteiger partial charge in [0.15, 0.2) is 0 Å². The Morgan fingerprint density at radius 2 is 2.21 bits per heavy atom. The standard InChI is InChI=1S/C25H26N4O5/c1-15(2)33-22-9-7-16(12-18(22)13-26)24-28-23(29-34-24)21-5-3-4-19-17(6-8-20(19)21)14-27-25(31)32-11-10-30/h3-5,7,9,12,15,17,30H,6,8,10-11,14H2,1-2H3,(H,27,31). The van der Waals surface area contributed by atoms with E-state index in [0.717, 1.165) is 29.5 Å². The van der Waals surface area contributed by atoms with E-state index in [1.165, 1.54) is 0 Å². The molecule has 1 aromatic heterocycles. The summed E-state index contributed by atoms with van der Waals surface area (Å²) in [7, 11) is 0. The number of carbonyl (C=O) groups is 1. The molecule has 1 heterocycles. The molecule has 1 amide bonds. The fourth-order valence-electron chi connectivity index (χ4n) is 4.11. The average Bonchev–Trinajstić information content (AvgIpc) is 3.49. The lowest BCUT2D eigenvalue weighted by Crippen LogP contribution is -2.29. The van der Waals surface area contributed by atoms with Gasteiger partial charge < -0.3 is 24.4 Å². The minimum absolute atomic E-state index is 0.0270. The van der Waals surface area contributed by atoms with Crippen molar-refractivity contribution < 1.29 is 23.9 Å². The zero-order chi connectivity index (χ0) is 24.1. The van der Waals surface area contributed by atoms with Crippen LogP contribution in [0.25, 0.3) is 22.8 Å². The third-order valence-corrected chi connectivity index (χ3v) is 5.59. The van der Waals surface area contributed by atoms with Crippen molar-refractivity contribution in [1.29, 1.82) is 5.26 Å². The molecule has 1 atom stereocenters. The smallest absolute Gasteiger partial charge is 0.407 e. The number of nitrogens with one attached hydrogen (secondary N) is 1. The topological polar surface area (TPSA) is 130 Å². The molecule has 0 saturated heterocycles. The number of amides is 1. The maximum Gasteiger partial charge on any atom is 0.407 e. The first kappa shape index (κ1) is 23.3. The highest BCUT2D eigenvalue weighted by Crippen LogP contribution is 2.38. The lowest BCUT2D eigenvalue weighted by Gasteiger charge is -2.13. The van der Waals surface area contributed by atoms with Gasteiger partial charge in [-0.15, -0.1) is 0 Å². The van der Waals surface area contributed by atoms with Crippen LogP contribution in [0, 0.1) is 11.3 Å². The highest BCUT2D eigenvalue weighted by atomic mass is 16.6. The van der Waals surface area contributed by atoms with Crippen molar-refractivity contribution in [2.75, 3.05) is 19.8 Å². The highest BCUT2D eigenvalue weighted by Gasteiger charge is 2.27. The second-order valence-corrected chi connectivity index (χ2v) is 8.26. The zero-order valence-electron chi connectivity index (χ0n) is 19.1. The maximum atomic E-state index is 11.7. The van der Waals surface area contributed by atoms with Crippen molar-refractivity contribution in [2.45, 2.75) is 38.7 Å². The SMILES string of the molecule is CC(C)Oc1ccc(-c2nc(-c3cccc4c3CCC4CNC(=O)OCCO)no2)cc1C#N. The Balaban J connectivity index is 1.53. The van der Waals surface area contributed by atoms with Crippen LogP contribution < -0.4 is 10.1 Å². The summed E-state index contributed by atoms with van der Waals surface area (Å²) in [5.74, 6) is 1.46. The molecule has 0 bridgehead atoms. The van der Waals surface area contributed by atoms with Crippen LogP contribution in [-0.2, 0) is 11.2 Å². The number of hydrogen-bond donors (Lipinski definition) is 2. The molecule has 2 aromatic carbocycles. The summed E-state index contributed by atoms with van der Waals surface area (Å²) in [5, 5.41) is 25.2. The van der Waals surface area contributed by atoms with E-state index in [-0.39, 0.29) is 25.2 Å². The van der Waals surface area contributed by atoms with E-state index in [1.807, 2.05) is 32.0 Å². The molecule has 9 nitrogen and oxygen atoms in total. The number of rotatable bonds is 8. The fourth-order valence-corrected chi connectivity index (χ4v) is 4.11. The molecule has 0 radical (unpaired) electrons. The van der Waals surface area contributed by atoms with Gasteiger partial charge >= 0.3 is 6.09 Å². The molecule has 4 rings (SSSR count). The molecular formula is C25H26N4O5. The number of nitrogens with zero attached hydrogens (tertiary/aromatic N) is 3. The number of alkyl carbamates (subject to hydrolysis) is 1. The molecular weight excluding hydrogens is 436 g/mol. The summed E-state index contributed by atoms with van der Waals surface area (Å²) < 4.78 is 16.1. The van der Waals surface area contributed by atoms with Crippen LogP contribution in [0.1, 0.15) is 42.9 Å². The van der Waals surface area contributed by atoms with Crippen LogP contribution >= 0.6 is 0 Å². The van der Waals surface area contributed by atoms with Gasteiger partial charge in [-0.3, -0.25) is 0 Å². The van der Waals surface area contributed by atoms with Gasteiger partial charge in [0, 0.05) is 23.6 Å². The van der Waals surface area contributed by atoms with E-state index in [4.69, 9.17) is 19.1 Å². The molecule has 0 aliphatic heterocycles. The van der Waals surface area contributed by atoms with Gasteiger partial charge in [0.25, 0.3) is 5.89 Å². The number of nitriles is 1. The van der Waals surface area contributed by atoms with Gasteiger partial charge in [-0.05, 0) is 56.0 Å². The van der Waals surface area contributed by atoms with E-state index < -0.39 is 6.09 Å². The minimum atomic E-state index is -0.539. The number of aliphatic hydroxyl groups excluding tert-OH is 1. The first-order valence-electron chi connectivity index (χ1n) is 11.2. The Labute approximate surface area is 197 Å². The first-order chi connectivity index (χ1) is 16.5. The first-order valence-corrected chi connectivity index (χ1v) is 11.2. The quantitative estimate of drug-likeness (QED) is 0.517. The van der Waals surface area contributed by atoms with E-state index in [0.29, 0.717) is 35.1 Å². The van der Waals surface area contributed by atoms with E-state index in [1.54, 1.807) is 18.2 Å². The molecule has 0 spiro atoms. The van der Waals surface area contributed by atoms with Gasteiger partial charge in [-0.1, -0.05) is 23.4 Å². The molecule has 1 aliphatic carbocycles. The van der Waals surface area contributed by atoms with Crippen LogP contribution in [0.4, 0.5) is 4.79 Å².